The normalized spacial score (nSPS) is 12.1. The summed E-state index contributed by atoms with van der Waals surface area (Å²) in [6.07, 6.45) is 0. The van der Waals surface area contributed by atoms with Gasteiger partial charge in [0.25, 0.3) is 0 Å². The summed E-state index contributed by atoms with van der Waals surface area (Å²) >= 11 is 0. The molecule has 0 atom stereocenters. The molecule has 1 nitrogen and oxygen atoms in total. The maximum absolute atomic E-state index is 6.34. The number of furan rings is 1. The van der Waals surface area contributed by atoms with E-state index in [2.05, 4.69) is 200 Å². The molecule has 0 aliphatic carbocycles. The van der Waals surface area contributed by atoms with Gasteiger partial charge in [-0.3, -0.25) is 0 Å². The van der Waals surface area contributed by atoms with Gasteiger partial charge in [-0.05, 0) is 133 Å². The van der Waals surface area contributed by atoms with Crippen LogP contribution < -0.4 is 0 Å². The molecule has 12 aromatic carbocycles. The molecule has 1 aromatic heterocycles. The molecule has 0 saturated heterocycles. The topological polar surface area (TPSA) is 13.1 Å². The van der Waals surface area contributed by atoms with Gasteiger partial charge in [-0.2, -0.15) is 0 Å². The van der Waals surface area contributed by atoms with Gasteiger partial charge in [0.2, 0.25) is 0 Å². The zero-order valence-corrected chi connectivity index (χ0v) is 32.0. The fraction of sp³-hybridized carbons (Fsp3) is 0. The quantitative estimate of drug-likeness (QED) is 0.129. The predicted octanol–water partition coefficient (Wildman–Crippen LogP) is 16.6. The van der Waals surface area contributed by atoms with Crippen molar-refractivity contribution < 1.29 is 4.42 Å². The fourth-order valence-corrected chi connectivity index (χ4v) is 10.3. The van der Waals surface area contributed by atoms with Crippen molar-refractivity contribution >= 4 is 86.6 Å². The Morgan fingerprint density at radius 2 is 0.763 bits per heavy atom. The Labute approximate surface area is 340 Å². The van der Waals surface area contributed by atoms with Crippen molar-refractivity contribution in [2.75, 3.05) is 0 Å². The first-order valence-electron chi connectivity index (χ1n) is 20.4. The SMILES string of the molecule is c1cc(-c2ccc3oc4ccccc4c3c2)c(-c2c3ccccc3c(-c3cc4cccc5ccc6cccc3c6c54)c3ccccc23)c(-c2cccc3ccccc23)c1. The summed E-state index contributed by atoms with van der Waals surface area (Å²) in [5, 5.41) is 17.4. The van der Waals surface area contributed by atoms with E-state index in [-0.39, 0.29) is 0 Å². The van der Waals surface area contributed by atoms with Crippen LogP contribution in [0.1, 0.15) is 0 Å². The van der Waals surface area contributed by atoms with Crippen molar-refractivity contribution in [3.63, 3.8) is 0 Å². The number of benzene rings is 12. The van der Waals surface area contributed by atoms with Gasteiger partial charge in [-0.1, -0.05) is 182 Å². The van der Waals surface area contributed by atoms with Crippen LogP contribution in [0.5, 0.6) is 0 Å². The number of rotatable bonds is 4. The van der Waals surface area contributed by atoms with Gasteiger partial charge in [0.05, 0.1) is 0 Å². The minimum Gasteiger partial charge on any atom is -0.456 e. The van der Waals surface area contributed by atoms with Crippen molar-refractivity contribution in [2.45, 2.75) is 0 Å². The molecule has 0 unspecified atom stereocenters. The maximum atomic E-state index is 6.34. The second-order valence-electron chi connectivity index (χ2n) is 15.9. The lowest BCUT2D eigenvalue weighted by Crippen LogP contribution is -1.96. The molecule has 13 rings (SSSR count). The molecule has 0 fully saturated rings. The van der Waals surface area contributed by atoms with Crippen molar-refractivity contribution in [3.8, 4) is 44.5 Å². The third-order valence-electron chi connectivity index (χ3n) is 12.8. The lowest BCUT2D eigenvalue weighted by molar-refractivity contribution is 0.669. The molecule has 1 heterocycles. The van der Waals surface area contributed by atoms with Crippen LogP contribution >= 0.6 is 0 Å². The van der Waals surface area contributed by atoms with Crippen LogP contribution in [0.2, 0.25) is 0 Å². The Hall–Kier alpha value is -7.74. The Kier molecular flexibility index (Phi) is 6.79. The van der Waals surface area contributed by atoms with E-state index in [1.54, 1.807) is 0 Å². The molecular formula is C58H34O. The Morgan fingerprint density at radius 1 is 0.237 bits per heavy atom. The molecule has 0 N–H and O–H groups in total. The van der Waals surface area contributed by atoms with E-state index in [0.717, 1.165) is 27.5 Å². The number of fused-ring (bicyclic) bond motifs is 6. The standard InChI is InChI=1S/C58H34O/c1-2-18-40-35(13-1)14-10-25-42(40)44-27-12-24-41(38-31-32-53-50(33-38)43-19-7-8-28-52(43)59-53)57(44)58-47-22-5-3-20-45(47)56(46-21-4-6-23-48(46)58)51-34-39-17-9-15-36-29-30-37-16-11-26-49(51)55(37)54(36)39/h1-34H. The van der Waals surface area contributed by atoms with E-state index in [9.17, 15) is 0 Å². The second kappa shape index (κ2) is 12.4. The highest BCUT2D eigenvalue weighted by molar-refractivity contribution is 6.31. The van der Waals surface area contributed by atoms with Crippen LogP contribution in [0.3, 0.4) is 0 Å². The van der Waals surface area contributed by atoms with E-state index in [1.807, 2.05) is 6.07 Å². The van der Waals surface area contributed by atoms with E-state index < -0.39 is 0 Å². The Bertz CT molecular complexity index is 3780. The highest BCUT2D eigenvalue weighted by Crippen LogP contribution is 2.52. The average Bonchev–Trinajstić information content (AvgIpc) is 3.68. The number of hydrogen-bond acceptors (Lipinski definition) is 1. The average molecular weight is 747 g/mol. The van der Waals surface area contributed by atoms with E-state index >= 15 is 0 Å². The van der Waals surface area contributed by atoms with Crippen molar-refractivity contribution in [2.24, 2.45) is 0 Å². The molecule has 59 heavy (non-hydrogen) atoms. The van der Waals surface area contributed by atoms with Gasteiger partial charge in [-0.25, -0.2) is 0 Å². The summed E-state index contributed by atoms with van der Waals surface area (Å²) in [6, 6.07) is 76.1. The third kappa shape index (κ3) is 4.67. The molecule has 0 aliphatic heterocycles. The molecule has 1 heteroatoms. The van der Waals surface area contributed by atoms with E-state index in [1.165, 1.54) is 104 Å². The summed E-state index contributed by atoms with van der Waals surface area (Å²) in [6.45, 7) is 0. The van der Waals surface area contributed by atoms with Gasteiger partial charge < -0.3 is 4.42 Å². The third-order valence-corrected chi connectivity index (χ3v) is 12.8. The van der Waals surface area contributed by atoms with Crippen LogP contribution in [-0.4, -0.2) is 0 Å². The lowest BCUT2D eigenvalue weighted by atomic mass is 9.79. The molecule has 0 aliphatic rings. The van der Waals surface area contributed by atoms with Crippen LogP contribution in [0.15, 0.2) is 211 Å². The Balaban J connectivity index is 1.19. The summed E-state index contributed by atoms with van der Waals surface area (Å²) < 4.78 is 6.34. The molecule has 272 valence electrons. The first-order valence-corrected chi connectivity index (χ1v) is 20.4. The summed E-state index contributed by atoms with van der Waals surface area (Å²) in [7, 11) is 0. The summed E-state index contributed by atoms with van der Waals surface area (Å²) in [4.78, 5) is 0. The smallest absolute Gasteiger partial charge is 0.135 e. The molecule has 0 radical (unpaired) electrons. The van der Waals surface area contributed by atoms with Crippen molar-refractivity contribution in [1.82, 2.24) is 0 Å². The van der Waals surface area contributed by atoms with E-state index in [0.29, 0.717) is 0 Å². The Morgan fingerprint density at radius 3 is 1.56 bits per heavy atom. The largest absolute Gasteiger partial charge is 0.456 e. The zero-order valence-electron chi connectivity index (χ0n) is 32.0. The van der Waals surface area contributed by atoms with Crippen LogP contribution in [0, 0.1) is 0 Å². The first-order chi connectivity index (χ1) is 29.3. The van der Waals surface area contributed by atoms with Gasteiger partial charge in [0, 0.05) is 10.8 Å². The predicted molar refractivity (Wildman–Crippen MR) is 252 cm³/mol. The number of para-hydroxylation sites is 1. The van der Waals surface area contributed by atoms with Crippen molar-refractivity contribution in [1.29, 1.82) is 0 Å². The minimum atomic E-state index is 0.898. The minimum absolute atomic E-state index is 0.898. The summed E-state index contributed by atoms with van der Waals surface area (Å²) in [5.41, 5.74) is 11.6. The molecule has 0 bridgehead atoms. The van der Waals surface area contributed by atoms with E-state index in [4.69, 9.17) is 4.42 Å². The molecule has 0 saturated carbocycles. The zero-order chi connectivity index (χ0) is 38.6. The highest BCUT2D eigenvalue weighted by atomic mass is 16.3. The lowest BCUT2D eigenvalue weighted by Gasteiger charge is -2.23. The second-order valence-corrected chi connectivity index (χ2v) is 15.9. The van der Waals surface area contributed by atoms with Crippen LogP contribution in [0.25, 0.3) is 131 Å². The highest BCUT2D eigenvalue weighted by Gasteiger charge is 2.24. The molecule has 0 amide bonds. The molecular weight excluding hydrogens is 713 g/mol. The maximum Gasteiger partial charge on any atom is 0.135 e. The van der Waals surface area contributed by atoms with Gasteiger partial charge in [0.15, 0.2) is 0 Å². The molecule has 13 aromatic rings. The van der Waals surface area contributed by atoms with Crippen LogP contribution in [0.4, 0.5) is 0 Å². The summed E-state index contributed by atoms with van der Waals surface area (Å²) in [5.74, 6) is 0. The first kappa shape index (κ1) is 32.4. The monoisotopic (exact) mass is 746 g/mol. The van der Waals surface area contributed by atoms with Gasteiger partial charge >= 0.3 is 0 Å². The van der Waals surface area contributed by atoms with Gasteiger partial charge in [-0.15, -0.1) is 0 Å². The van der Waals surface area contributed by atoms with Crippen molar-refractivity contribution in [3.05, 3.63) is 206 Å². The fourth-order valence-electron chi connectivity index (χ4n) is 10.3. The van der Waals surface area contributed by atoms with Crippen LogP contribution in [-0.2, 0) is 0 Å². The molecule has 0 spiro atoms. The van der Waals surface area contributed by atoms with Gasteiger partial charge in [0.1, 0.15) is 11.2 Å². The number of hydrogen-bond donors (Lipinski definition) is 0.